The number of hydroxylamine groups is 1. The third-order valence-corrected chi connectivity index (χ3v) is 3.90. The van der Waals surface area contributed by atoms with Gasteiger partial charge < -0.3 is 4.74 Å². The fraction of sp³-hybridized carbons (Fsp3) is 0.278. The molecule has 2 aromatic carbocycles. The number of para-hydroxylation sites is 1. The van der Waals surface area contributed by atoms with Gasteiger partial charge in [-0.1, -0.05) is 55.5 Å². The minimum atomic E-state index is -0.245. The van der Waals surface area contributed by atoms with Crippen molar-refractivity contribution in [1.82, 2.24) is 5.48 Å². The van der Waals surface area contributed by atoms with Crippen molar-refractivity contribution in [2.45, 2.75) is 26.0 Å². The normalized spacial score (nSPS) is 20.3. The molecule has 22 heavy (non-hydrogen) atoms. The molecule has 1 aliphatic rings. The van der Waals surface area contributed by atoms with E-state index in [1.165, 1.54) is 0 Å². The fourth-order valence-corrected chi connectivity index (χ4v) is 2.70. The van der Waals surface area contributed by atoms with Crippen molar-refractivity contribution in [3.05, 3.63) is 65.7 Å². The summed E-state index contributed by atoms with van der Waals surface area (Å²) < 4.78 is 5.40. The molecule has 1 aliphatic heterocycles. The second-order valence-corrected chi connectivity index (χ2v) is 5.34. The van der Waals surface area contributed by atoms with Gasteiger partial charge in [-0.2, -0.15) is 5.48 Å². The largest absolute Gasteiger partial charge is 0.426 e. The molecule has 0 bridgehead atoms. The molecule has 4 heteroatoms. The van der Waals surface area contributed by atoms with Gasteiger partial charge in [0.1, 0.15) is 5.75 Å². The van der Waals surface area contributed by atoms with Gasteiger partial charge in [0.05, 0.1) is 18.6 Å². The highest BCUT2D eigenvalue weighted by Crippen LogP contribution is 2.37. The van der Waals surface area contributed by atoms with Crippen molar-refractivity contribution in [3.8, 4) is 5.75 Å². The highest BCUT2D eigenvalue weighted by Gasteiger charge is 2.36. The first-order valence-electron chi connectivity index (χ1n) is 7.51. The second kappa shape index (κ2) is 6.73. The minimum absolute atomic E-state index is 0.189. The lowest BCUT2D eigenvalue weighted by Gasteiger charge is -2.31. The Balaban J connectivity index is 1.73. The monoisotopic (exact) mass is 297 g/mol. The molecule has 114 valence electrons. The lowest BCUT2D eigenvalue weighted by Crippen LogP contribution is -2.38. The molecule has 2 atom stereocenters. The zero-order valence-electron chi connectivity index (χ0n) is 12.5. The van der Waals surface area contributed by atoms with E-state index in [2.05, 4.69) is 5.48 Å². The third-order valence-electron chi connectivity index (χ3n) is 3.90. The van der Waals surface area contributed by atoms with Crippen LogP contribution in [-0.2, 0) is 16.2 Å². The number of hydrogen-bond donors (Lipinski definition) is 1. The van der Waals surface area contributed by atoms with Crippen molar-refractivity contribution < 1.29 is 14.4 Å². The Morgan fingerprint density at radius 1 is 1.09 bits per heavy atom. The molecule has 0 saturated heterocycles. The Morgan fingerprint density at radius 2 is 1.82 bits per heavy atom. The Bertz CT molecular complexity index is 642. The second-order valence-electron chi connectivity index (χ2n) is 5.34. The van der Waals surface area contributed by atoms with Crippen LogP contribution in [0.15, 0.2) is 54.6 Å². The van der Waals surface area contributed by atoms with Crippen LogP contribution in [0.2, 0.25) is 0 Å². The van der Waals surface area contributed by atoms with Crippen molar-refractivity contribution >= 4 is 5.97 Å². The molecule has 0 fully saturated rings. The average Bonchev–Trinajstić information content (AvgIpc) is 2.55. The number of carbonyl (C=O) groups excluding carboxylic acids is 1. The first-order chi connectivity index (χ1) is 10.8. The summed E-state index contributed by atoms with van der Waals surface area (Å²) in [5.74, 6) is 0.158. The van der Waals surface area contributed by atoms with Gasteiger partial charge in [-0.05, 0) is 18.1 Å². The van der Waals surface area contributed by atoms with Gasteiger partial charge in [0.15, 0.2) is 0 Å². The van der Waals surface area contributed by atoms with Gasteiger partial charge in [-0.15, -0.1) is 0 Å². The molecule has 4 nitrogen and oxygen atoms in total. The zero-order chi connectivity index (χ0) is 15.4. The van der Waals surface area contributed by atoms with E-state index in [-0.39, 0.29) is 17.9 Å². The van der Waals surface area contributed by atoms with Crippen LogP contribution in [0.25, 0.3) is 0 Å². The van der Waals surface area contributed by atoms with Crippen LogP contribution in [0.5, 0.6) is 5.75 Å². The molecule has 0 radical (unpaired) electrons. The Hall–Kier alpha value is -2.17. The summed E-state index contributed by atoms with van der Waals surface area (Å²) in [6.45, 7) is 2.43. The van der Waals surface area contributed by atoms with E-state index in [4.69, 9.17) is 9.57 Å². The molecule has 0 aromatic heterocycles. The molecule has 1 heterocycles. The van der Waals surface area contributed by atoms with Gasteiger partial charge in [0.2, 0.25) is 0 Å². The van der Waals surface area contributed by atoms with Crippen molar-refractivity contribution in [2.24, 2.45) is 5.92 Å². The van der Waals surface area contributed by atoms with Gasteiger partial charge in [0, 0.05) is 5.56 Å². The maximum Gasteiger partial charge on any atom is 0.316 e. The number of ether oxygens (including phenoxy) is 1. The Labute approximate surface area is 130 Å². The highest BCUT2D eigenvalue weighted by atomic mass is 16.6. The molecule has 0 saturated carbocycles. The van der Waals surface area contributed by atoms with Gasteiger partial charge in [-0.25, -0.2) is 0 Å². The standard InChI is InChI=1S/C18H19NO3/c1-2-14-17(19-21-12-13-8-4-3-5-9-13)15-10-6-7-11-16(15)22-18(14)20/h3-11,14,17,19H,2,12H2,1H3/t14-,17+/m0/s1. The number of nitrogens with one attached hydrogen (secondary N) is 1. The molecule has 3 rings (SSSR count). The molecular weight excluding hydrogens is 278 g/mol. The van der Waals surface area contributed by atoms with E-state index in [1.807, 2.05) is 61.5 Å². The predicted molar refractivity (Wildman–Crippen MR) is 83.0 cm³/mol. The van der Waals surface area contributed by atoms with Crippen molar-refractivity contribution in [2.75, 3.05) is 0 Å². The van der Waals surface area contributed by atoms with E-state index in [0.717, 1.165) is 11.1 Å². The third kappa shape index (κ3) is 3.03. The average molecular weight is 297 g/mol. The summed E-state index contributed by atoms with van der Waals surface area (Å²) in [5.41, 5.74) is 5.10. The van der Waals surface area contributed by atoms with Crippen LogP contribution in [0.4, 0.5) is 0 Å². The highest BCUT2D eigenvalue weighted by molar-refractivity contribution is 5.79. The molecule has 2 aromatic rings. The lowest BCUT2D eigenvalue weighted by molar-refractivity contribution is -0.144. The minimum Gasteiger partial charge on any atom is -0.426 e. The van der Waals surface area contributed by atoms with Gasteiger partial charge >= 0.3 is 5.97 Å². The van der Waals surface area contributed by atoms with Crippen LogP contribution in [0, 0.1) is 5.92 Å². The Kier molecular flexibility index (Phi) is 4.51. The number of benzene rings is 2. The van der Waals surface area contributed by atoms with Crippen molar-refractivity contribution in [3.63, 3.8) is 0 Å². The number of carbonyl (C=O) groups is 1. The first kappa shape index (κ1) is 14.8. The van der Waals surface area contributed by atoms with E-state index in [0.29, 0.717) is 18.8 Å². The summed E-state index contributed by atoms with van der Waals surface area (Å²) in [4.78, 5) is 17.8. The maximum absolute atomic E-state index is 12.1. The summed E-state index contributed by atoms with van der Waals surface area (Å²) in [6, 6.07) is 17.3. The van der Waals surface area contributed by atoms with E-state index in [9.17, 15) is 4.79 Å². The van der Waals surface area contributed by atoms with Crippen LogP contribution in [0.3, 0.4) is 0 Å². The summed E-state index contributed by atoms with van der Waals surface area (Å²) in [7, 11) is 0. The quantitative estimate of drug-likeness (QED) is 0.522. The fourth-order valence-electron chi connectivity index (χ4n) is 2.70. The zero-order valence-corrected chi connectivity index (χ0v) is 12.5. The molecule has 1 N–H and O–H groups in total. The maximum atomic E-state index is 12.1. The van der Waals surface area contributed by atoms with Gasteiger partial charge in [0.25, 0.3) is 0 Å². The first-order valence-corrected chi connectivity index (χ1v) is 7.51. The van der Waals surface area contributed by atoms with Crippen LogP contribution in [0.1, 0.15) is 30.5 Å². The van der Waals surface area contributed by atoms with Crippen LogP contribution < -0.4 is 10.2 Å². The van der Waals surface area contributed by atoms with Crippen LogP contribution >= 0.6 is 0 Å². The molecule has 0 unspecified atom stereocenters. The topological polar surface area (TPSA) is 47.6 Å². The van der Waals surface area contributed by atoms with E-state index < -0.39 is 0 Å². The predicted octanol–water partition coefficient (Wildman–Crippen LogP) is 3.39. The molecular formula is C18H19NO3. The van der Waals surface area contributed by atoms with Gasteiger partial charge in [-0.3, -0.25) is 9.63 Å². The van der Waals surface area contributed by atoms with E-state index >= 15 is 0 Å². The number of fused-ring (bicyclic) bond motifs is 1. The SMILES string of the molecule is CC[C@@H]1C(=O)Oc2ccccc2[C@@H]1NOCc1ccccc1. The van der Waals surface area contributed by atoms with Crippen molar-refractivity contribution in [1.29, 1.82) is 0 Å². The summed E-state index contributed by atoms with van der Waals surface area (Å²) >= 11 is 0. The number of hydrogen-bond acceptors (Lipinski definition) is 4. The summed E-state index contributed by atoms with van der Waals surface area (Å²) in [6.07, 6.45) is 0.694. The smallest absolute Gasteiger partial charge is 0.316 e. The Morgan fingerprint density at radius 3 is 2.59 bits per heavy atom. The molecule has 0 aliphatic carbocycles. The lowest BCUT2D eigenvalue weighted by atomic mass is 9.89. The molecule has 0 spiro atoms. The molecule has 0 amide bonds. The number of esters is 1. The summed E-state index contributed by atoms with van der Waals surface area (Å²) in [5, 5.41) is 0. The van der Waals surface area contributed by atoms with Crippen LogP contribution in [-0.4, -0.2) is 5.97 Å². The van der Waals surface area contributed by atoms with E-state index in [1.54, 1.807) is 0 Å². The number of rotatable bonds is 5.